The standard InChI is InChI=1S/C25H21FN2O3S/c1-28-24(29)23(32-25(28)27-19-9-13-20(30-2)14-10-19)15-17-7-11-21(12-8-17)31-16-18-5-3-4-6-22(18)26/h3-15H,16H2,1-2H3. The Morgan fingerprint density at radius 3 is 2.38 bits per heavy atom. The molecule has 162 valence electrons. The SMILES string of the molecule is COc1ccc(N=C2SC(=Cc3ccc(OCc4ccccc4F)cc3)C(=O)N2C)cc1. The lowest BCUT2D eigenvalue weighted by Crippen LogP contribution is -2.23. The highest BCUT2D eigenvalue weighted by atomic mass is 32.2. The number of aliphatic imine (C=N–C) groups is 1. The molecular formula is C25H21FN2O3S. The molecule has 0 saturated carbocycles. The molecule has 0 N–H and O–H groups in total. The van der Waals surface area contributed by atoms with E-state index in [0.717, 1.165) is 17.0 Å². The van der Waals surface area contributed by atoms with Gasteiger partial charge in [0.1, 0.15) is 23.9 Å². The Morgan fingerprint density at radius 2 is 1.69 bits per heavy atom. The quantitative estimate of drug-likeness (QED) is 0.458. The molecule has 0 radical (unpaired) electrons. The smallest absolute Gasteiger partial charge is 0.266 e. The molecule has 1 amide bonds. The highest BCUT2D eigenvalue weighted by Crippen LogP contribution is 2.33. The summed E-state index contributed by atoms with van der Waals surface area (Å²) in [5, 5.41) is 0.608. The van der Waals surface area contributed by atoms with Crippen molar-refractivity contribution in [3.8, 4) is 11.5 Å². The molecule has 5 nitrogen and oxygen atoms in total. The first-order chi connectivity index (χ1) is 15.5. The van der Waals surface area contributed by atoms with Crippen LogP contribution in [0.1, 0.15) is 11.1 Å². The summed E-state index contributed by atoms with van der Waals surface area (Å²) in [5.41, 5.74) is 2.10. The zero-order chi connectivity index (χ0) is 22.5. The fourth-order valence-corrected chi connectivity index (χ4v) is 3.99. The summed E-state index contributed by atoms with van der Waals surface area (Å²) in [6, 6.07) is 21.2. The molecule has 0 bridgehead atoms. The lowest BCUT2D eigenvalue weighted by molar-refractivity contribution is -0.121. The molecule has 4 rings (SSSR count). The van der Waals surface area contributed by atoms with E-state index >= 15 is 0 Å². The molecule has 32 heavy (non-hydrogen) atoms. The number of thioether (sulfide) groups is 1. The van der Waals surface area contributed by atoms with Gasteiger partial charge in [0, 0.05) is 12.6 Å². The Bertz CT molecular complexity index is 1170. The van der Waals surface area contributed by atoms with Gasteiger partial charge in [-0.2, -0.15) is 0 Å². The molecule has 1 heterocycles. The van der Waals surface area contributed by atoms with Crippen molar-refractivity contribution >= 4 is 34.6 Å². The van der Waals surface area contributed by atoms with Gasteiger partial charge in [0.05, 0.1) is 17.7 Å². The summed E-state index contributed by atoms with van der Waals surface area (Å²) in [5.74, 6) is 0.975. The van der Waals surface area contributed by atoms with Gasteiger partial charge in [0.15, 0.2) is 5.17 Å². The molecule has 1 aliphatic rings. The average molecular weight is 449 g/mol. The third-order valence-electron chi connectivity index (χ3n) is 4.83. The Labute approximate surface area is 190 Å². The topological polar surface area (TPSA) is 51.1 Å². The number of amidine groups is 1. The van der Waals surface area contributed by atoms with Crippen molar-refractivity contribution in [3.05, 3.63) is 94.6 Å². The number of methoxy groups -OCH3 is 1. The Morgan fingerprint density at radius 1 is 1.00 bits per heavy atom. The van der Waals surface area contributed by atoms with Crippen LogP contribution in [0.3, 0.4) is 0 Å². The Balaban J connectivity index is 1.44. The van der Waals surface area contributed by atoms with Crippen LogP contribution in [0.2, 0.25) is 0 Å². The second kappa shape index (κ2) is 9.70. The second-order valence-electron chi connectivity index (χ2n) is 7.02. The largest absolute Gasteiger partial charge is 0.497 e. The summed E-state index contributed by atoms with van der Waals surface area (Å²) in [4.78, 5) is 19.3. The number of hydrogen-bond acceptors (Lipinski definition) is 5. The average Bonchev–Trinajstić information content (AvgIpc) is 3.07. The lowest BCUT2D eigenvalue weighted by Gasteiger charge is -2.07. The number of carbonyl (C=O) groups excluding carboxylic acids is 1. The summed E-state index contributed by atoms with van der Waals surface area (Å²) in [6.45, 7) is 0.150. The zero-order valence-corrected chi connectivity index (χ0v) is 18.4. The van der Waals surface area contributed by atoms with Crippen LogP contribution in [0.4, 0.5) is 10.1 Å². The van der Waals surface area contributed by atoms with E-state index < -0.39 is 0 Å². The number of hydrogen-bond donors (Lipinski definition) is 0. The number of likely N-dealkylation sites (N-methyl/N-ethyl adjacent to an activating group) is 1. The second-order valence-corrected chi connectivity index (χ2v) is 8.03. The van der Waals surface area contributed by atoms with E-state index in [0.29, 0.717) is 21.4 Å². The highest BCUT2D eigenvalue weighted by molar-refractivity contribution is 8.18. The highest BCUT2D eigenvalue weighted by Gasteiger charge is 2.30. The molecule has 0 atom stereocenters. The number of benzene rings is 3. The van der Waals surface area contributed by atoms with Crippen LogP contribution in [0.25, 0.3) is 6.08 Å². The number of halogens is 1. The molecule has 3 aromatic carbocycles. The van der Waals surface area contributed by atoms with E-state index in [1.165, 1.54) is 22.7 Å². The maximum absolute atomic E-state index is 13.7. The van der Waals surface area contributed by atoms with Crippen molar-refractivity contribution in [3.63, 3.8) is 0 Å². The molecule has 0 unspecified atom stereocenters. The maximum Gasteiger partial charge on any atom is 0.266 e. The van der Waals surface area contributed by atoms with E-state index in [2.05, 4.69) is 4.99 Å². The van der Waals surface area contributed by atoms with Crippen LogP contribution in [0.15, 0.2) is 82.7 Å². The van der Waals surface area contributed by atoms with E-state index in [1.54, 1.807) is 44.5 Å². The van der Waals surface area contributed by atoms with Crippen molar-refractivity contribution in [2.75, 3.05) is 14.2 Å². The third-order valence-corrected chi connectivity index (χ3v) is 5.89. The van der Waals surface area contributed by atoms with Gasteiger partial charge in [-0.3, -0.25) is 9.69 Å². The van der Waals surface area contributed by atoms with E-state index in [-0.39, 0.29) is 18.3 Å². The summed E-state index contributed by atoms with van der Waals surface area (Å²) in [6.07, 6.45) is 1.82. The number of ether oxygens (including phenoxy) is 2. The third kappa shape index (κ3) is 5.00. The van der Waals surface area contributed by atoms with Crippen LogP contribution in [-0.2, 0) is 11.4 Å². The fraction of sp³-hybridized carbons (Fsp3) is 0.120. The normalized spacial score (nSPS) is 16.1. The van der Waals surface area contributed by atoms with Gasteiger partial charge >= 0.3 is 0 Å². The van der Waals surface area contributed by atoms with Crippen molar-refractivity contribution in [1.82, 2.24) is 4.90 Å². The Kier molecular flexibility index (Phi) is 6.56. The molecule has 0 spiro atoms. The first kappa shape index (κ1) is 21.6. The van der Waals surface area contributed by atoms with Gasteiger partial charge in [-0.05, 0) is 65.9 Å². The molecular weight excluding hydrogens is 427 g/mol. The van der Waals surface area contributed by atoms with Crippen LogP contribution < -0.4 is 9.47 Å². The number of rotatable bonds is 6. The molecule has 1 saturated heterocycles. The minimum absolute atomic E-state index is 0.109. The number of nitrogens with zero attached hydrogens (tertiary/aromatic N) is 2. The zero-order valence-electron chi connectivity index (χ0n) is 17.6. The number of amides is 1. The monoisotopic (exact) mass is 448 g/mol. The van der Waals surface area contributed by atoms with Gasteiger partial charge < -0.3 is 9.47 Å². The van der Waals surface area contributed by atoms with Crippen LogP contribution >= 0.6 is 11.8 Å². The van der Waals surface area contributed by atoms with Gasteiger partial charge in [0.25, 0.3) is 5.91 Å². The van der Waals surface area contributed by atoms with E-state index in [4.69, 9.17) is 9.47 Å². The van der Waals surface area contributed by atoms with Gasteiger partial charge in [0.2, 0.25) is 0 Å². The number of carbonyl (C=O) groups is 1. The minimum Gasteiger partial charge on any atom is -0.497 e. The predicted octanol–water partition coefficient (Wildman–Crippen LogP) is 5.65. The van der Waals surface area contributed by atoms with Crippen molar-refractivity contribution in [2.24, 2.45) is 4.99 Å². The maximum atomic E-state index is 13.7. The summed E-state index contributed by atoms with van der Waals surface area (Å²) < 4.78 is 24.5. The van der Waals surface area contributed by atoms with Crippen molar-refractivity contribution < 1.29 is 18.7 Å². The van der Waals surface area contributed by atoms with Crippen LogP contribution in [-0.4, -0.2) is 30.1 Å². The van der Waals surface area contributed by atoms with Crippen LogP contribution in [0, 0.1) is 5.82 Å². The first-order valence-electron chi connectivity index (χ1n) is 9.90. The molecule has 1 fully saturated rings. The predicted molar refractivity (Wildman–Crippen MR) is 126 cm³/mol. The molecule has 0 aromatic heterocycles. The van der Waals surface area contributed by atoms with E-state index in [1.807, 2.05) is 42.5 Å². The lowest BCUT2D eigenvalue weighted by atomic mass is 10.2. The molecule has 1 aliphatic heterocycles. The van der Waals surface area contributed by atoms with Crippen molar-refractivity contribution in [1.29, 1.82) is 0 Å². The molecule has 7 heteroatoms. The van der Waals surface area contributed by atoms with Crippen molar-refractivity contribution in [2.45, 2.75) is 6.61 Å². The molecule has 0 aliphatic carbocycles. The van der Waals surface area contributed by atoms with E-state index in [9.17, 15) is 9.18 Å². The summed E-state index contributed by atoms with van der Waals surface area (Å²) >= 11 is 1.32. The minimum atomic E-state index is -0.290. The fourth-order valence-electron chi connectivity index (χ4n) is 3.01. The first-order valence-corrected chi connectivity index (χ1v) is 10.7. The van der Waals surface area contributed by atoms with Gasteiger partial charge in [-0.25, -0.2) is 9.38 Å². The Hall–Kier alpha value is -3.58. The molecule has 3 aromatic rings. The van der Waals surface area contributed by atoms with Gasteiger partial charge in [-0.15, -0.1) is 0 Å². The van der Waals surface area contributed by atoms with Crippen LogP contribution in [0.5, 0.6) is 11.5 Å². The summed E-state index contributed by atoms with van der Waals surface area (Å²) in [7, 11) is 3.32. The van der Waals surface area contributed by atoms with Gasteiger partial charge in [-0.1, -0.05) is 30.3 Å².